The number of nitrogens with one attached hydrogen (secondary N) is 7. The first-order chi connectivity index (χ1) is 56.6. The number of aliphatic carboxylic acids is 1. The molecule has 0 aliphatic carbocycles. The van der Waals surface area contributed by atoms with Gasteiger partial charge in [-0.2, -0.15) is 0 Å². The van der Waals surface area contributed by atoms with Crippen LogP contribution in [0.2, 0.25) is 0 Å². The molecule has 7 atom stereocenters. The normalized spacial score (nSPS) is 19.7. The summed E-state index contributed by atoms with van der Waals surface area (Å²) in [7, 11) is 2.06. The topological polar surface area (TPSA) is 598 Å². The molecule has 0 radical (unpaired) electrons. The van der Waals surface area contributed by atoms with Gasteiger partial charge in [-0.05, 0) is 89.5 Å². The quantitative estimate of drug-likeness (QED) is 0.0111. The molecule has 0 unspecified atom stereocenters. The third-order valence-electron chi connectivity index (χ3n) is 19.3. The van der Waals surface area contributed by atoms with Gasteiger partial charge in [-0.3, -0.25) is 72.1 Å². The van der Waals surface area contributed by atoms with Crippen molar-refractivity contribution in [2.24, 2.45) is 50.3 Å². The van der Waals surface area contributed by atoms with Gasteiger partial charge in [0, 0.05) is 125 Å². The Morgan fingerprint density at radius 3 is 1.71 bits per heavy atom. The number of nitrogens with two attached hydrogens (primary N) is 3. The molecule has 8 amide bonds. The van der Waals surface area contributed by atoms with Crippen LogP contribution in [0.3, 0.4) is 0 Å². The Balaban J connectivity index is 0.0000157. The number of guanidine groups is 1. The summed E-state index contributed by atoms with van der Waals surface area (Å²) in [5, 5.41) is 64.1. The molecule has 2 aliphatic rings. The Morgan fingerprint density at radius 2 is 1.13 bits per heavy atom. The van der Waals surface area contributed by atoms with Gasteiger partial charge in [-0.15, -0.1) is 35.2 Å². The molecule has 16 N–H and O–H groups in total. The molecular weight excluding hydrogens is 1700 g/mol. The molecule has 0 aromatic heterocycles. The van der Waals surface area contributed by atoms with Gasteiger partial charge in [-0.25, -0.2) is 0 Å². The number of carboxylic acid groups (broad SMARTS) is 1. The number of Topliss-reactive ketones (excluding diaryl/α,β-unsaturated/α-hetero) is 5. The molecule has 2 fully saturated rings. The fourth-order valence-corrected chi connectivity index (χ4v) is 15.1. The molecule has 0 saturated carbocycles. The van der Waals surface area contributed by atoms with E-state index in [2.05, 4.69) is 52.5 Å². The summed E-state index contributed by atoms with van der Waals surface area (Å²) in [6.07, 6.45) is 0.412. The van der Waals surface area contributed by atoms with Gasteiger partial charge in [-0.1, -0.05) is 104 Å². The zero-order valence-electron chi connectivity index (χ0n) is 69.0. The zero-order chi connectivity index (χ0) is 88.6. The first kappa shape index (κ1) is 107. The molecule has 119 heavy (non-hydrogen) atoms. The van der Waals surface area contributed by atoms with Gasteiger partial charge < -0.3 is 99.5 Å². The van der Waals surface area contributed by atoms with E-state index in [1.807, 2.05) is 27.7 Å². The summed E-state index contributed by atoms with van der Waals surface area (Å²) in [4.78, 5) is 195. The number of rotatable bonds is 49. The Bertz CT molecular complexity index is 3480. The predicted molar refractivity (Wildman–Crippen MR) is 442 cm³/mol. The maximum absolute atomic E-state index is 15.0. The summed E-state index contributed by atoms with van der Waals surface area (Å²) in [5.74, 6) is -12.9. The second-order valence-corrected chi connectivity index (χ2v) is 33.4. The van der Waals surface area contributed by atoms with Crippen LogP contribution in [0, 0.1) is 17.8 Å². The van der Waals surface area contributed by atoms with Gasteiger partial charge in [0.25, 0.3) is 0 Å². The van der Waals surface area contributed by atoms with E-state index >= 15 is 0 Å². The van der Waals surface area contributed by atoms with Crippen LogP contribution in [-0.2, 0) is 117 Å². The molecule has 0 spiro atoms. The number of carbonyl (C=O) groups excluding carboxylic acids is 13. The SMILES string of the molecule is CC(=NO)C(C)(C)[N-]CCC(CC[N-]C(C)(C)C(C)=NO)CCNC(=O)CCCC(=O)NCCCC[C@@H]1NC(=O)CSC[C@@H](C(=O)CCCOCCOCCOCCCC(=O)COCC(N)=O)NC(=O)[C@H](CCCN=C(N)N)CC(=O)[C@@H]2CSSC[C@H](NC1=O)C(=O)CCC(=O)N[C@@H](CC(=O)O)C(=O)C[C@@H](Cc1ccccc1)C(=O)N2.[O]=[Tc+2]=[O]. The Labute approximate surface area is 715 Å². The number of oxime groups is 2. The number of carbonyl (C=O) groups is 14. The number of benzene rings is 1. The molecule has 38 nitrogen and oxygen atoms in total. The van der Waals surface area contributed by atoms with Crippen molar-refractivity contribution in [3.63, 3.8) is 0 Å². The van der Waals surface area contributed by atoms with Crippen molar-refractivity contribution in [1.82, 2.24) is 37.2 Å². The molecule has 669 valence electrons. The number of fused-ring (bicyclic) bond motifs is 5. The molecule has 2 aliphatic heterocycles. The van der Waals surface area contributed by atoms with Crippen LogP contribution in [0.4, 0.5) is 0 Å². The van der Waals surface area contributed by atoms with Crippen LogP contribution in [-0.4, -0.2) is 265 Å². The second kappa shape index (κ2) is 62.2. The molecule has 2 bridgehead atoms. The fraction of sp³-hybridized carbons (Fsp3) is 0.701. The van der Waals surface area contributed by atoms with Crippen molar-refractivity contribution in [3.05, 3.63) is 46.5 Å². The van der Waals surface area contributed by atoms with Gasteiger partial charge in [0.05, 0.1) is 62.8 Å². The molecule has 1 aromatic rings. The first-order valence-electron chi connectivity index (χ1n) is 39.7. The summed E-state index contributed by atoms with van der Waals surface area (Å²) < 4.78 is 38.7. The standard InChI is InChI=1S/C77H123N15O21S3.2O.Tc/c1-50(91-108)76(3,4)84-32-27-52(28-33-85-77(5,6)51(2)92-109)26-31-82-68(100)23-12-22-67(99)81-29-11-10-20-57-74(107)90-60-47-115-116-48-61(89-73(106)55(40-53-16-8-7-9-17-53)42-64(96)58(43-71(103)104)87-69(101)25-24-63(60)95)65(97)41-54(18-13-30-83-75(79)80)72(105)88-59(46-114-49-70(102)86-57)62(94)21-15-35-111-37-39-112-38-36-110-34-14-19-56(93)44-113-45-66(78)98;;;/h7-9,16-17,52,54-55,57-61,108-109H,10-15,18-49H2,1-6H3,(H2,78,98)(H,81,99)(H,82,100)(H,86,102)(H,87,101)(H,88,105)(H,89,106)(H,90,107)(H,103,104)(H4,79,80,83);;;/q-2;;;+2/t52?,54-,55-,57+,58+,59+,60+,61+;;;/m1.../s1. The number of thioether (sulfide) groups is 1. The number of aliphatic imine (C=N–C) groups is 1. The summed E-state index contributed by atoms with van der Waals surface area (Å²) in [6, 6.07) is 1.54. The van der Waals surface area contributed by atoms with Gasteiger partial charge in [0.1, 0.15) is 19.3 Å². The third-order valence-corrected chi connectivity index (χ3v) is 22.8. The number of hydrogen-bond donors (Lipinski definition) is 13. The van der Waals surface area contributed by atoms with E-state index in [0.717, 1.165) is 33.3 Å². The van der Waals surface area contributed by atoms with E-state index < -0.39 is 167 Å². The fourth-order valence-electron chi connectivity index (χ4n) is 11.8. The Morgan fingerprint density at radius 1 is 0.588 bits per heavy atom. The number of primary amides is 1. The van der Waals surface area contributed by atoms with E-state index in [0.29, 0.717) is 68.7 Å². The molecular formula is C77H123N15O23S3Tc. The van der Waals surface area contributed by atoms with E-state index in [-0.39, 0.29) is 189 Å². The number of ketones is 5. The number of amides is 8. The Kier molecular flexibility index (Phi) is 56.0. The van der Waals surface area contributed by atoms with Crippen molar-refractivity contribution < 1.29 is 126 Å². The van der Waals surface area contributed by atoms with Crippen molar-refractivity contribution in [3.8, 4) is 0 Å². The molecule has 3 rings (SSSR count). The van der Waals surface area contributed by atoms with Crippen molar-refractivity contribution in [2.45, 2.75) is 218 Å². The van der Waals surface area contributed by atoms with E-state index in [4.69, 9.17) is 53.8 Å². The van der Waals surface area contributed by atoms with Crippen LogP contribution in [0.1, 0.15) is 176 Å². The summed E-state index contributed by atoms with van der Waals surface area (Å²) in [5.41, 5.74) is 16.5. The van der Waals surface area contributed by atoms with Crippen LogP contribution in [0.25, 0.3) is 10.6 Å². The van der Waals surface area contributed by atoms with Gasteiger partial charge in [0.15, 0.2) is 34.9 Å². The minimum atomic E-state index is -1.91. The van der Waals surface area contributed by atoms with Crippen LogP contribution >= 0.6 is 33.3 Å². The average molecular weight is 1820 g/mol. The van der Waals surface area contributed by atoms with Gasteiger partial charge in [0.2, 0.25) is 47.3 Å². The van der Waals surface area contributed by atoms with Crippen LogP contribution in [0.5, 0.6) is 0 Å². The third kappa shape index (κ3) is 49.6. The molecule has 2 heterocycles. The number of unbranched alkanes of at least 4 members (excludes halogenated alkanes) is 1. The number of ether oxygens (including phenoxy) is 4. The van der Waals surface area contributed by atoms with E-state index in [1.165, 1.54) is 0 Å². The van der Waals surface area contributed by atoms with Crippen molar-refractivity contribution in [2.75, 3.05) is 109 Å². The van der Waals surface area contributed by atoms with Gasteiger partial charge >= 0.3 is 30.6 Å². The molecule has 2 saturated heterocycles. The van der Waals surface area contributed by atoms with Crippen molar-refractivity contribution in [1.29, 1.82) is 0 Å². The maximum atomic E-state index is 15.0. The first-order valence-corrected chi connectivity index (χ1v) is 44.8. The minimum absolute atomic E-state index is 0.0124. The summed E-state index contributed by atoms with van der Waals surface area (Å²) >= 11 is -0.954. The monoisotopic (exact) mass is 1820 g/mol. The van der Waals surface area contributed by atoms with Crippen molar-refractivity contribution >= 4 is 133 Å². The van der Waals surface area contributed by atoms with E-state index in [1.54, 1.807) is 44.2 Å². The van der Waals surface area contributed by atoms with E-state index in [9.17, 15) is 82.6 Å². The summed E-state index contributed by atoms with van der Waals surface area (Å²) in [6.45, 7) is 12.8. The second-order valence-electron chi connectivity index (χ2n) is 29.6. The number of nitrogens with zero attached hydrogens (tertiary/aromatic N) is 5. The predicted octanol–water partition coefficient (Wildman–Crippen LogP) is 3.20. The number of hydrogen-bond acceptors (Lipinski definition) is 28. The van der Waals surface area contributed by atoms with Crippen LogP contribution in [0.15, 0.2) is 45.6 Å². The molecule has 42 heteroatoms. The Hall–Kier alpha value is -7.93. The van der Waals surface area contributed by atoms with Crippen LogP contribution < -0.4 is 54.4 Å². The zero-order valence-corrected chi connectivity index (χ0v) is 73.3. The molecule has 1 aromatic carbocycles. The number of carboxylic acids is 1. The average Bonchev–Trinajstić information content (AvgIpc) is 1.56.